The van der Waals surface area contributed by atoms with Crippen LogP contribution >= 0.6 is 0 Å². The van der Waals surface area contributed by atoms with E-state index >= 15 is 0 Å². The number of carbonyl (C=O) groups excluding carboxylic acids is 1. The SMILES string of the molecule is CCCC(C[C@H]1CCC2=C1[C@@H](C)c1cnn(-c3ccc(F)cc3)c1C2)NC(=O)c1cccc(F)c1O. The highest BCUT2D eigenvalue weighted by Crippen LogP contribution is 2.48. The van der Waals surface area contributed by atoms with Crippen molar-refractivity contribution < 1.29 is 18.7 Å². The van der Waals surface area contributed by atoms with Crippen molar-refractivity contribution in [2.75, 3.05) is 0 Å². The lowest BCUT2D eigenvalue weighted by atomic mass is 9.78. The molecule has 1 amide bonds. The van der Waals surface area contributed by atoms with Crippen LogP contribution in [0.1, 0.15) is 73.5 Å². The van der Waals surface area contributed by atoms with Crippen LogP contribution in [0.5, 0.6) is 5.75 Å². The van der Waals surface area contributed by atoms with Crippen LogP contribution < -0.4 is 5.32 Å². The first-order valence-corrected chi connectivity index (χ1v) is 12.7. The van der Waals surface area contributed by atoms with Gasteiger partial charge < -0.3 is 10.4 Å². The number of para-hydroxylation sites is 1. The molecule has 5 nitrogen and oxygen atoms in total. The third-order valence-corrected chi connectivity index (χ3v) is 7.70. The van der Waals surface area contributed by atoms with Crippen LogP contribution in [0.2, 0.25) is 0 Å². The molecule has 2 aliphatic rings. The maximum absolute atomic E-state index is 13.8. The fourth-order valence-corrected chi connectivity index (χ4v) is 6.03. The number of hydrogen-bond acceptors (Lipinski definition) is 3. The third-order valence-electron chi connectivity index (χ3n) is 7.70. The van der Waals surface area contributed by atoms with Crippen molar-refractivity contribution in [3.05, 3.63) is 88.3 Å². The van der Waals surface area contributed by atoms with Gasteiger partial charge in [0.2, 0.25) is 0 Å². The van der Waals surface area contributed by atoms with E-state index in [0.717, 1.165) is 56.0 Å². The van der Waals surface area contributed by atoms with Crippen molar-refractivity contribution >= 4 is 5.91 Å². The summed E-state index contributed by atoms with van der Waals surface area (Å²) in [7, 11) is 0. The second-order valence-corrected chi connectivity index (χ2v) is 9.96. The maximum Gasteiger partial charge on any atom is 0.255 e. The Morgan fingerprint density at radius 2 is 2.00 bits per heavy atom. The van der Waals surface area contributed by atoms with Gasteiger partial charge in [-0.25, -0.2) is 13.5 Å². The van der Waals surface area contributed by atoms with Crippen LogP contribution in [0, 0.1) is 17.6 Å². The van der Waals surface area contributed by atoms with E-state index in [9.17, 15) is 18.7 Å². The number of phenols is 1. The molecule has 188 valence electrons. The summed E-state index contributed by atoms with van der Waals surface area (Å²) in [6.07, 6.45) is 7.32. The Morgan fingerprint density at radius 1 is 1.22 bits per heavy atom. The van der Waals surface area contributed by atoms with Crippen LogP contribution in [0.4, 0.5) is 8.78 Å². The summed E-state index contributed by atoms with van der Waals surface area (Å²) in [6, 6.07) is 10.4. The number of aromatic hydroxyl groups is 1. The highest BCUT2D eigenvalue weighted by Gasteiger charge is 2.37. The largest absolute Gasteiger partial charge is 0.504 e. The molecule has 0 saturated heterocycles. The standard InChI is InChI=1S/C29H31F2N3O2/c1-3-5-21(33-29(36)23-6-4-7-25(31)28(23)35)14-18-8-9-19-15-26-24(17(2)27(18)19)16-32-34(26)22-12-10-20(30)11-13-22/h4,6-7,10-13,16-18,21,35H,3,5,8-9,14-15H2,1-2H3,(H,33,36)/t17-,18+,21?/m0/s1. The average Bonchev–Trinajstić information content (AvgIpc) is 3.46. The monoisotopic (exact) mass is 491 g/mol. The molecular formula is C29H31F2N3O2. The molecule has 1 unspecified atom stereocenters. The van der Waals surface area contributed by atoms with Crippen molar-refractivity contribution in [2.24, 2.45) is 5.92 Å². The molecule has 36 heavy (non-hydrogen) atoms. The molecule has 0 bridgehead atoms. The number of amides is 1. The predicted octanol–water partition coefficient (Wildman–Crippen LogP) is 6.21. The van der Waals surface area contributed by atoms with Crippen molar-refractivity contribution in [3.63, 3.8) is 0 Å². The van der Waals surface area contributed by atoms with Gasteiger partial charge in [0.05, 0.1) is 23.1 Å². The number of benzene rings is 2. The van der Waals surface area contributed by atoms with Gasteiger partial charge in [0.1, 0.15) is 5.82 Å². The zero-order valence-electron chi connectivity index (χ0n) is 20.6. The van der Waals surface area contributed by atoms with Crippen LogP contribution in [-0.4, -0.2) is 26.8 Å². The molecular weight excluding hydrogens is 460 g/mol. The van der Waals surface area contributed by atoms with Gasteiger partial charge in [0, 0.05) is 23.9 Å². The number of rotatable bonds is 7. The van der Waals surface area contributed by atoms with Gasteiger partial charge in [0.15, 0.2) is 11.6 Å². The third kappa shape index (κ3) is 4.43. The van der Waals surface area contributed by atoms with E-state index in [1.165, 1.54) is 41.0 Å². The molecule has 2 aromatic carbocycles. The van der Waals surface area contributed by atoms with Gasteiger partial charge >= 0.3 is 0 Å². The van der Waals surface area contributed by atoms with Gasteiger partial charge in [-0.2, -0.15) is 5.10 Å². The normalized spacial score (nSPS) is 19.7. The molecule has 0 saturated carbocycles. The summed E-state index contributed by atoms with van der Waals surface area (Å²) in [4.78, 5) is 12.9. The average molecular weight is 492 g/mol. The quantitative estimate of drug-likeness (QED) is 0.386. The molecule has 0 aliphatic heterocycles. The summed E-state index contributed by atoms with van der Waals surface area (Å²) in [5.74, 6) is -1.56. The van der Waals surface area contributed by atoms with Crippen molar-refractivity contribution in [2.45, 2.75) is 64.3 Å². The Hall–Kier alpha value is -3.48. The Kier molecular flexibility index (Phi) is 6.65. The minimum Gasteiger partial charge on any atom is -0.504 e. The van der Waals surface area contributed by atoms with Crippen molar-refractivity contribution in [1.29, 1.82) is 0 Å². The number of phenolic OH excluding ortho intramolecular Hbond substituents is 1. The van der Waals surface area contributed by atoms with E-state index in [1.807, 2.05) is 10.9 Å². The van der Waals surface area contributed by atoms with E-state index < -0.39 is 17.5 Å². The zero-order chi connectivity index (χ0) is 25.4. The number of nitrogens with zero attached hydrogens (tertiary/aromatic N) is 2. The number of aromatic nitrogens is 2. The summed E-state index contributed by atoms with van der Waals surface area (Å²) in [5, 5.41) is 17.7. The number of nitrogens with one attached hydrogen (secondary N) is 1. The Labute approximate surface area is 209 Å². The predicted molar refractivity (Wildman–Crippen MR) is 134 cm³/mol. The Balaban J connectivity index is 1.35. The van der Waals surface area contributed by atoms with Gasteiger partial charge in [-0.3, -0.25) is 4.79 Å². The molecule has 5 rings (SSSR count). The van der Waals surface area contributed by atoms with E-state index in [2.05, 4.69) is 24.3 Å². The molecule has 0 fully saturated rings. The van der Waals surface area contributed by atoms with E-state index in [1.54, 1.807) is 12.1 Å². The topological polar surface area (TPSA) is 67.2 Å². The van der Waals surface area contributed by atoms with Crippen LogP contribution in [0.3, 0.4) is 0 Å². The van der Waals surface area contributed by atoms with Crippen LogP contribution in [0.15, 0.2) is 59.8 Å². The molecule has 1 aromatic heterocycles. The smallest absolute Gasteiger partial charge is 0.255 e. The van der Waals surface area contributed by atoms with Crippen molar-refractivity contribution in [3.8, 4) is 11.4 Å². The fraction of sp³-hybridized carbons (Fsp3) is 0.379. The minimum atomic E-state index is -0.798. The first-order chi connectivity index (χ1) is 17.4. The van der Waals surface area contributed by atoms with Crippen LogP contribution in [0.25, 0.3) is 5.69 Å². The molecule has 0 radical (unpaired) electrons. The van der Waals surface area contributed by atoms with E-state index in [-0.39, 0.29) is 23.3 Å². The summed E-state index contributed by atoms with van der Waals surface area (Å²) >= 11 is 0. The molecule has 2 N–H and O–H groups in total. The lowest BCUT2D eigenvalue weighted by Crippen LogP contribution is -2.36. The van der Waals surface area contributed by atoms with Crippen LogP contribution in [-0.2, 0) is 6.42 Å². The first kappa shape index (κ1) is 24.2. The Bertz CT molecular complexity index is 1310. The Morgan fingerprint density at radius 3 is 2.75 bits per heavy atom. The molecule has 3 aromatic rings. The minimum absolute atomic E-state index is 0.0358. The maximum atomic E-state index is 13.8. The molecule has 2 aliphatic carbocycles. The number of fused-ring (bicyclic) bond motifs is 1. The van der Waals surface area contributed by atoms with Gasteiger partial charge in [-0.1, -0.05) is 37.5 Å². The molecule has 0 spiro atoms. The molecule has 3 atom stereocenters. The zero-order valence-corrected chi connectivity index (χ0v) is 20.6. The summed E-state index contributed by atoms with van der Waals surface area (Å²) in [5.41, 5.74) is 6.07. The van der Waals surface area contributed by atoms with E-state index in [4.69, 9.17) is 0 Å². The fourth-order valence-electron chi connectivity index (χ4n) is 6.03. The number of halogens is 2. The van der Waals surface area contributed by atoms with E-state index in [0.29, 0.717) is 5.92 Å². The molecule has 1 heterocycles. The lowest BCUT2D eigenvalue weighted by Gasteiger charge is -2.29. The molecule has 7 heteroatoms. The first-order valence-electron chi connectivity index (χ1n) is 12.7. The summed E-state index contributed by atoms with van der Waals surface area (Å²) < 4.78 is 29.1. The summed E-state index contributed by atoms with van der Waals surface area (Å²) in [6.45, 7) is 4.30. The lowest BCUT2D eigenvalue weighted by molar-refractivity contribution is 0.0926. The highest BCUT2D eigenvalue weighted by molar-refractivity contribution is 5.97. The highest BCUT2D eigenvalue weighted by atomic mass is 19.1. The van der Waals surface area contributed by atoms with Gasteiger partial charge in [0.25, 0.3) is 5.91 Å². The number of hydrogen-bond donors (Lipinski definition) is 2. The van der Waals surface area contributed by atoms with Crippen molar-refractivity contribution in [1.82, 2.24) is 15.1 Å². The number of allylic oxidation sites excluding steroid dienone is 2. The van der Waals surface area contributed by atoms with Gasteiger partial charge in [-0.15, -0.1) is 0 Å². The second kappa shape index (κ2) is 9.88. The van der Waals surface area contributed by atoms with Gasteiger partial charge in [-0.05, 0) is 68.0 Å². The second-order valence-electron chi connectivity index (χ2n) is 9.96. The number of carbonyl (C=O) groups is 1.